The molecule has 0 aliphatic heterocycles. The van der Waals surface area contributed by atoms with Crippen molar-refractivity contribution < 1.29 is 0 Å². The van der Waals surface area contributed by atoms with Gasteiger partial charge in [0.2, 0.25) is 0 Å². The van der Waals surface area contributed by atoms with E-state index >= 15 is 0 Å². The van der Waals surface area contributed by atoms with Gasteiger partial charge in [0.1, 0.15) is 0 Å². The standard InChI is InChI=1S/C14H18N2S/c1-2-16-14(13-5-8-15-9-6-13)4-3-12-7-10-17-11-12/h5-11,14,16H,2-4H2,1H3. The maximum Gasteiger partial charge on any atom is 0.0324 e. The summed E-state index contributed by atoms with van der Waals surface area (Å²) in [7, 11) is 0. The molecule has 0 radical (unpaired) electrons. The zero-order chi connectivity index (χ0) is 11.9. The van der Waals surface area contributed by atoms with Gasteiger partial charge < -0.3 is 5.32 Å². The van der Waals surface area contributed by atoms with Crippen molar-refractivity contribution >= 4 is 11.3 Å². The largest absolute Gasteiger partial charge is 0.310 e. The van der Waals surface area contributed by atoms with E-state index in [0.29, 0.717) is 6.04 Å². The predicted octanol–water partition coefficient (Wildman–Crippen LogP) is 3.43. The molecule has 2 nitrogen and oxygen atoms in total. The molecule has 0 saturated carbocycles. The summed E-state index contributed by atoms with van der Waals surface area (Å²) >= 11 is 1.77. The molecule has 1 atom stereocenters. The van der Waals surface area contributed by atoms with Gasteiger partial charge in [0, 0.05) is 18.4 Å². The monoisotopic (exact) mass is 246 g/mol. The molecule has 1 unspecified atom stereocenters. The van der Waals surface area contributed by atoms with Crippen molar-refractivity contribution in [3.05, 3.63) is 52.5 Å². The third-order valence-electron chi connectivity index (χ3n) is 2.86. The molecule has 0 aliphatic rings. The molecular weight excluding hydrogens is 228 g/mol. The molecule has 3 heteroatoms. The summed E-state index contributed by atoms with van der Waals surface area (Å²) < 4.78 is 0. The first-order valence-corrected chi connectivity index (χ1v) is 6.99. The second kappa shape index (κ2) is 6.52. The first-order valence-electron chi connectivity index (χ1n) is 6.04. The van der Waals surface area contributed by atoms with E-state index in [-0.39, 0.29) is 0 Å². The average molecular weight is 246 g/mol. The lowest BCUT2D eigenvalue weighted by Gasteiger charge is -2.17. The van der Waals surface area contributed by atoms with Gasteiger partial charge in [0.15, 0.2) is 0 Å². The maximum absolute atomic E-state index is 4.07. The third-order valence-corrected chi connectivity index (χ3v) is 3.59. The van der Waals surface area contributed by atoms with E-state index in [1.807, 2.05) is 12.4 Å². The molecule has 0 spiro atoms. The van der Waals surface area contributed by atoms with Gasteiger partial charge in [-0.25, -0.2) is 0 Å². The summed E-state index contributed by atoms with van der Waals surface area (Å²) in [5.74, 6) is 0. The van der Waals surface area contributed by atoms with E-state index in [4.69, 9.17) is 0 Å². The smallest absolute Gasteiger partial charge is 0.0324 e. The molecule has 0 amide bonds. The Morgan fingerprint density at radius 1 is 1.29 bits per heavy atom. The molecule has 1 N–H and O–H groups in total. The number of rotatable bonds is 6. The number of nitrogens with one attached hydrogen (secondary N) is 1. The molecule has 2 aromatic heterocycles. The minimum atomic E-state index is 0.433. The topological polar surface area (TPSA) is 24.9 Å². The summed E-state index contributed by atoms with van der Waals surface area (Å²) in [4.78, 5) is 4.07. The molecule has 2 heterocycles. The van der Waals surface area contributed by atoms with Gasteiger partial charge in [-0.1, -0.05) is 6.92 Å². The van der Waals surface area contributed by atoms with Crippen LogP contribution in [-0.2, 0) is 6.42 Å². The number of aromatic nitrogens is 1. The minimum Gasteiger partial charge on any atom is -0.310 e. The molecule has 0 aliphatic carbocycles. The average Bonchev–Trinajstić information content (AvgIpc) is 2.88. The van der Waals surface area contributed by atoms with Crippen molar-refractivity contribution in [2.24, 2.45) is 0 Å². The van der Waals surface area contributed by atoms with Gasteiger partial charge in [-0.2, -0.15) is 11.3 Å². The van der Waals surface area contributed by atoms with Crippen LogP contribution in [0.1, 0.15) is 30.5 Å². The quantitative estimate of drug-likeness (QED) is 0.844. The number of thiophene rings is 1. The summed E-state index contributed by atoms with van der Waals surface area (Å²) in [6.45, 7) is 3.15. The van der Waals surface area contributed by atoms with Crippen LogP contribution in [0.3, 0.4) is 0 Å². The molecule has 17 heavy (non-hydrogen) atoms. The van der Waals surface area contributed by atoms with Crippen LogP contribution in [-0.4, -0.2) is 11.5 Å². The Labute approximate surface area is 107 Å². The van der Waals surface area contributed by atoms with E-state index in [1.54, 1.807) is 11.3 Å². The van der Waals surface area contributed by atoms with Gasteiger partial charge >= 0.3 is 0 Å². The highest BCUT2D eigenvalue weighted by atomic mass is 32.1. The zero-order valence-corrected chi connectivity index (χ0v) is 10.9. The lowest BCUT2D eigenvalue weighted by atomic mass is 10.0. The SMILES string of the molecule is CCNC(CCc1ccsc1)c1ccncc1. The van der Waals surface area contributed by atoms with Crippen LogP contribution < -0.4 is 5.32 Å². The molecular formula is C14H18N2S. The van der Waals surface area contributed by atoms with Crippen molar-refractivity contribution in [2.45, 2.75) is 25.8 Å². The summed E-state index contributed by atoms with van der Waals surface area (Å²) in [5, 5.41) is 7.91. The number of pyridine rings is 1. The zero-order valence-electron chi connectivity index (χ0n) is 10.1. The number of nitrogens with zero attached hydrogens (tertiary/aromatic N) is 1. The molecule has 0 saturated heterocycles. The first-order chi connectivity index (χ1) is 8.40. The number of hydrogen-bond acceptors (Lipinski definition) is 3. The third kappa shape index (κ3) is 3.65. The van der Waals surface area contributed by atoms with Gasteiger partial charge in [-0.15, -0.1) is 0 Å². The van der Waals surface area contributed by atoms with E-state index < -0.39 is 0 Å². The van der Waals surface area contributed by atoms with Gasteiger partial charge in [0.25, 0.3) is 0 Å². The Hall–Kier alpha value is -1.19. The molecule has 0 aromatic carbocycles. The lowest BCUT2D eigenvalue weighted by Crippen LogP contribution is -2.21. The Kier molecular flexibility index (Phi) is 4.71. The van der Waals surface area contributed by atoms with E-state index in [9.17, 15) is 0 Å². The van der Waals surface area contributed by atoms with E-state index in [2.05, 4.69) is 46.2 Å². The fraction of sp³-hybridized carbons (Fsp3) is 0.357. The van der Waals surface area contributed by atoms with Crippen LogP contribution >= 0.6 is 11.3 Å². The van der Waals surface area contributed by atoms with Crippen molar-refractivity contribution in [3.63, 3.8) is 0 Å². The van der Waals surface area contributed by atoms with Gasteiger partial charge in [-0.05, 0) is 59.5 Å². The molecule has 2 aromatic rings. The van der Waals surface area contributed by atoms with Crippen LogP contribution in [0.4, 0.5) is 0 Å². The molecule has 2 rings (SSSR count). The Morgan fingerprint density at radius 3 is 2.76 bits per heavy atom. The fourth-order valence-electron chi connectivity index (χ4n) is 1.97. The summed E-state index contributed by atoms with van der Waals surface area (Å²) in [6, 6.07) is 6.84. The van der Waals surface area contributed by atoms with Crippen LogP contribution in [0.25, 0.3) is 0 Å². The van der Waals surface area contributed by atoms with Crippen LogP contribution in [0.15, 0.2) is 41.4 Å². The Morgan fingerprint density at radius 2 is 2.12 bits per heavy atom. The first kappa shape index (κ1) is 12.3. The van der Waals surface area contributed by atoms with Crippen molar-refractivity contribution in [3.8, 4) is 0 Å². The van der Waals surface area contributed by atoms with E-state index in [1.165, 1.54) is 11.1 Å². The fourth-order valence-corrected chi connectivity index (χ4v) is 2.68. The highest BCUT2D eigenvalue weighted by Gasteiger charge is 2.09. The highest BCUT2D eigenvalue weighted by molar-refractivity contribution is 7.07. The minimum absolute atomic E-state index is 0.433. The number of aryl methyl sites for hydroxylation is 1. The summed E-state index contributed by atoms with van der Waals surface area (Å²) in [5.41, 5.74) is 2.77. The highest BCUT2D eigenvalue weighted by Crippen LogP contribution is 2.19. The molecule has 0 bridgehead atoms. The van der Waals surface area contributed by atoms with Gasteiger partial charge in [-0.3, -0.25) is 4.98 Å². The molecule has 0 fully saturated rings. The normalized spacial score (nSPS) is 12.5. The van der Waals surface area contributed by atoms with E-state index in [0.717, 1.165) is 19.4 Å². The van der Waals surface area contributed by atoms with Crippen molar-refractivity contribution in [1.82, 2.24) is 10.3 Å². The second-order valence-corrected chi connectivity index (χ2v) is 4.84. The van der Waals surface area contributed by atoms with Crippen LogP contribution in [0, 0.1) is 0 Å². The predicted molar refractivity (Wildman–Crippen MR) is 73.3 cm³/mol. The Balaban J connectivity index is 1.98. The van der Waals surface area contributed by atoms with Crippen molar-refractivity contribution in [1.29, 1.82) is 0 Å². The van der Waals surface area contributed by atoms with Crippen LogP contribution in [0.2, 0.25) is 0 Å². The Bertz CT molecular complexity index is 411. The van der Waals surface area contributed by atoms with Crippen LogP contribution in [0.5, 0.6) is 0 Å². The number of hydrogen-bond donors (Lipinski definition) is 1. The van der Waals surface area contributed by atoms with Crippen molar-refractivity contribution in [2.75, 3.05) is 6.54 Å². The lowest BCUT2D eigenvalue weighted by molar-refractivity contribution is 0.515. The molecule has 90 valence electrons. The second-order valence-electron chi connectivity index (χ2n) is 4.06. The summed E-state index contributed by atoms with van der Waals surface area (Å²) in [6.07, 6.45) is 5.99. The maximum atomic E-state index is 4.07. The van der Waals surface area contributed by atoms with Gasteiger partial charge in [0.05, 0.1) is 0 Å².